The van der Waals surface area contributed by atoms with Gasteiger partial charge in [0.25, 0.3) is 0 Å². The second kappa shape index (κ2) is 5.55. The molecule has 0 saturated carbocycles. The highest BCUT2D eigenvalue weighted by atomic mass is 16.3. The third-order valence-electron chi connectivity index (χ3n) is 3.44. The molecule has 1 aromatic carbocycles. The molecule has 0 radical (unpaired) electrons. The zero-order valence-electron chi connectivity index (χ0n) is 11.1. The molecule has 2 aromatic rings. The Morgan fingerprint density at radius 2 is 2.00 bits per heavy atom. The average molecular weight is 246 g/mol. The zero-order chi connectivity index (χ0) is 13.1. The van der Waals surface area contributed by atoms with Crippen LogP contribution in [0.5, 0.6) is 0 Å². The predicted molar refractivity (Wildman–Crippen MR) is 75.3 cm³/mol. The lowest BCUT2D eigenvalue weighted by Crippen LogP contribution is -2.26. The number of hydrogen-bond donors (Lipinski definition) is 3. The van der Waals surface area contributed by atoms with Gasteiger partial charge < -0.3 is 15.8 Å². The first kappa shape index (κ1) is 13.1. The normalized spacial score (nSPS) is 15.2. The lowest BCUT2D eigenvalue weighted by atomic mass is 9.94. The lowest BCUT2D eigenvalue weighted by molar-refractivity contribution is 0.129. The number of aliphatic hydroxyl groups excluding tert-OH is 1. The molecule has 2 atom stereocenters. The van der Waals surface area contributed by atoms with E-state index in [0.717, 1.165) is 29.3 Å². The molecule has 0 bridgehead atoms. The van der Waals surface area contributed by atoms with Crippen molar-refractivity contribution in [3.63, 3.8) is 0 Å². The van der Waals surface area contributed by atoms with Gasteiger partial charge in [0.05, 0.1) is 12.1 Å². The van der Waals surface area contributed by atoms with Crippen LogP contribution >= 0.6 is 0 Å². The Morgan fingerprint density at radius 3 is 2.72 bits per heavy atom. The SMILES string of the molecule is CC(C)CC[C@@H](O)[C@@H](N)c1cccc2[nH]ccc12. The molecule has 2 rings (SSSR count). The van der Waals surface area contributed by atoms with Gasteiger partial charge in [0.1, 0.15) is 0 Å². The van der Waals surface area contributed by atoms with Gasteiger partial charge in [0.2, 0.25) is 0 Å². The minimum Gasteiger partial charge on any atom is -0.391 e. The molecule has 0 unspecified atom stereocenters. The molecule has 18 heavy (non-hydrogen) atoms. The number of aromatic nitrogens is 1. The standard InChI is InChI=1S/C15H22N2O/c1-10(2)6-7-14(18)15(16)12-4-3-5-13-11(12)8-9-17-13/h3-5,8-10,14-15,17-18H,6-7,16H2,1-2H3/t14-,15+/m1/s1. The maximum atomic E-state index is 10.2. The predicted octanol–water partition coefficient (Wildman–Crippen LogP) is 2.96. The molecule has 1 aromatic heterocycles. The van der Waals surface area contributed by atoms with Crippen molar-refractivity contribution in [3.8, 4) is 0 Å². The number of benzene rings is 1. The maximum absolute atomic E-state index is 10.2. The van der Waals surface area contributed by atoms with Gasteiger partial charge >= 0.3 is 0 Å². The second-order valence-corrected chi connectivity index (χ2v) is 5.35. The Hall–Kier alpha value is -1.32. The first-order chi connectivity index (χ1) is 8.59. The maximum Gasteiger partial charge on any atom is 0.0733 e. The Kier molecular flexibility index (Phi) is 4.04. The quantitative estimate of drug-likeness (QED) is 0.759. The summed E-state index contributed by atoms with van der Waals surface area (Å²) >= 11 is 0. The van der Waals surface area contributed by atoms with E-state index in [-0.39, 0.29) is 6.04 Å². The molecule has 0 fully saturated rings. The lowest BCUT2D eigenvalue weighted by Gasteiger charge is -2.20. The summed E-state index contributed by atoms with van der Waals surface area (Å²) in [4.78, 5) is 3.17. The molecule has 0 spiro atoms. The van der Waals surface area contributed by atoms with Crippen LogP contribution < -0.4 is 5.73 Å². The summed E-state index contributed by atoms with van der Waals surface area (Å²) in [5.74, 6) is 0.593. The summed E-state index contributed by atoms with van der Waals surface area (Å²) in [5.41, 5.74) is 8.27. The Labute approximate surface area is 108 Å². The first-order valence-corrected chi connectivity index (χ1v) is 6.59. The van der Waals surface area contributed by atoms with Gasteiger partial charge in [-0.3, -0.25) is 0 Å². The van der Waals surface area contributed by atoms with E-state index in [4.69, 9.17) is 5.73 Å². The van der Waals surface area contributed by atoms with Gasteiger partial charge in [0, 0.05) is 17.1 Å². The number of hydrogen-bond acceptors (Lipinski definition) is 2. The summed E-state index contributed by atoms with van der Waals surface area (Å²) in [5, 5.41) is 11.3. The minimum atomic E-state index is -0.479. The van der Waals surface area contributed by atoms with Crippen LogP contribution in [0.25, 0.3) is 10.9 Å². The molecular formula is C15H22N2O. The van der Waals surface area contributed by atoms with E-state index in [1.165, 1.54) is 0 Å². The van der Waals surface area contributed by atoms with Crippen LogP contribution in [-0.4, -0.2) is 16.2 Å². The molecule has 0 aliphatic heterocycles. The van der Waals surface area contributed by atoms with Crippen LogP contribution in [0.4, 0.5) is 0 Å². The van der Waals surface area contributed by atoms with E-state index in [1.54, 1.807) is 0 Å². The first-order valence-electron chi connectivity index (χ1n) is 6.59. The Bertz CT molecular complexity index is 504. The molecule has 3 nitrogen and oxygen atoms in total. The topological polar surface area (TPSA) is 62.0 Å². The third-order valence-corrected chi connectivity index (χ3v) is 3.44. The number of fused-ring (bicyclic) bond motifs is 1. The number of rotatable bonds is 5. The summed E-state index contributed by atoms with van der Waals surface area (Å²) in [6, 6.07) is 7.69. The van der Waals surface area contributed by atoms with Crippen molar-refractivity contribution in [2.24, 2.45) is 11.7 Å². The van der Waals surface area contributed by atoms with E-state index in [9.17, 15) is 5.11 Å². The molecule has 98 valence electrons. The zero-order valence-corrected chi connectivity index (χ0v) is 11.1. The second-order valence-electron chi connectivity index (χ2n) is 5.35. The summed E-state index contributed by atoms with van der Waals surface area (Å²) in [7, 11) is 0. The van der Waals surface area contributed by atoms with E-state index in [2.05, 4.69) is 18.8 Å². The van der Waals surface area contributed by atoms with Crippen molar-refractivity contribution >= 4 is 10.9 Å². The number of aromatic amines is 1. The van der Waals surface area contributed by atoms with Gasteiger partial charge in [-0.1, -0.05) is 26.0 Å². The molecule has 0 saturated heterocycles. The van der Waals surface area contributed by atoms with Gasteiger partial charge in [0.15, 0.2) is 0 Å². The van der Waals surface area contributed by atoms with E-state index in [1.807, 2.05) is 30.5 Å². The molecule has 3 heteroatoms. The molecule has 4 N–H and O–H groups in total. The monoisotopic (exact) mass is 246 g/mol. The van der Waals surface area contributed by atoms with E-state index in [0.29, 0.717) is 5.92 Å². The van der Waals surface area contributed by atoms with Crippen LogP contribution in [0.15, 0.2) is 30.5 Å². The van der Waals surface area contributed by atoms with Gasteiger partial charge in [-0.05, 0) is 36.5 Å². The van der Waals surface area contributed by atoms with Crippen LogP contribution in [0.1, 0.15) is 38.3 Å². The van der Waals surface area contributed by atoms with Crippen molar-refractivity contribution in [1.82, 2.24) is 4.98 Å². The van der Waals surface area contributed by atoms with Crippen molar-refractivity contribution in [3.05, 3.63) is 36.0 Å². The van der Waals surface area contributed by atoms with Gasteiger partial charge in [-0.25, -0.2) is 0 Å². The highest BCUT2D eigenvalue weighted by Gasteiger charge is 2.19. The molecular weight excluding hydrogens is 224 g/mol. The van der Waals surface area contributed by atoms with Crippen LogP contribution in [0.3, 0.4) is 0 Å². The molecule has 0 amide bonds. The smallest absolute Gasteiger partial charge is 0.0733 e. The summed E-state index contributed by atoms with van der Waals surface area (Å²) in [6.07, 6.45) is 3.17. The summed E-state index contributed by atoms with van der Waals surface area (Å²) < 4.78 is 0. The van der Waals surface area contributed by atoms with Crippen molar-refractivity contribution < 1.29 is 5.11 Å². The number of nitrogens with two attached hydrogens (primary N) is 1. The Morgan fingerprint density at radius 1 is 1.22 bits per heavy atom. The molecule has 0 aliphatic rings. The van der Waals surface area contributed by atoms with Gasteiger partial charge in [-0.15, -0.1) is 0 Å². The number of H-pyrrole nitrogens is 1. The number of aliphatic hydroxyl groups is 1. The van der Waals surface area contributed by atoms with Crippen molar-refractivity contribution in [2.45, 2.75) is 38.8 Å². The van der Waals surface area contributed by atoms with E-state index < -0.39 is 6.10 Å². The van der Waals surface area contributed by atoms with Crippen LogP contribution in [-0.2, 0) is 0 Å². The highest BCUT2D eigenvalue weighted by Crippen LogP contribution is 2.26. The largest absolute Gasteiger partial charge is 0.391 e. The number of nitrogens with one attached hydrogen (secondary N) is 1. The fourth-order valence-electron chi connectivity index (χ4n) is 2.29. The summed E-state index contributed by atoms with van der Waals surface area (Å²) in [6.45, 7) is 4.32. The van der Waals surface area contributed by atoms with E-state index >= 15 is 0 Å². The van der Waals surface area contributed by atoms with Crippen molar-refractivity contribution in [2.75, 3.05) is 0 Å². The van der Waals surface area contributed by atoms with Crippen molar-refractivity contribution in [1.29, 1.82) is 0 Å². The van der Waals surface area contributed by atoms with Gasteiger partial charge in [-0.2, -0.15) is 0 Å². The minimum absolute atomic E-state index is 0.316. The molecule has 0 aliphatic carbocycles. The third kappa shape index (κ3) is 2.74. The Balaban J connectivity index is 2.17. The van der Waals surface area contributed by atoms with Crippen LogP contribution in [0, 0.1) is 5.92 Å². The highest BCUT2D eigenvalue weighted by molar-refractivity contribution is 5.83. The van der Waals surface area contributed by atoms with Crippen LogP contribution in [0.2, 0.25) is 0 Å². The fourth-order valence-corrected chi connectivity index (χ4v) is 2.29. The average Bonchev–Trinajstić information content (AvgIpc) is 2.82. The fraction of sp³-hybridized carbons (Fsp3) is 0.467. The molecule has 1 heterocycles.